The van der Waals surface area contributed by atoms with E-state index in [0.29, 0.717) is 16.0 Å². The second-order valence-electron chi connectivity index (χ2n) is 5.31. The predicted octanol–water partition coefficient (Wildman–Crippen LogP) is 4.00. The van der Waals surface area contributed by atoms with E-state index >= 15 is 0 Å². The molecule has 2 aromatic rings. The molecule has 1 fully saturated rings. The summed E-state index contributed by atoms with van der Waals surface area (Å²) >= 11 is 1.16. The van der Waals surface area contributed by atoms with Crippen LogP contribution in [0.25, 0.3) is 0 Å². The Morgan fingerprint density at radius 3 is 2.12 bits per heavy atom. The normalized spacial score (nSPS) is 21.1. The molecule has 1 aliphatic heterocycles. The Labute approximate surface area is 148 Å². The maximum absolute atomic E-state index is 14.1. The van der Waals surface area contributed by atoms with Crippen LogP contribution in [-0.2, 0) is 9.47 Å². The summed E-state index contributed by atoms with van der Waals surface area (Å²) in [6, 6.07) is 16.8. The predicted molar refractivity (Wildman–Crippen MR) is 92.9 cm³/mol. The van der Waals surface area contributed by atoms with Gasteiger partial charge in [-0.2, -0.15) is 0 Å². The first-order chi connectivity index (χ1) is 12.1. The molecule has 1 aliphatic rings. The maximum Gasteiger partial charge on any atom is 0.342 e. The Balaban J connectivity index is 1.68. The van der Waals surface area contributed by atoms with E-state index in [9.17, 15) is 14.0 Å². The zero-order valence-electron chi connectivity index (χ0n) is 13.1. The molecule has 128 valence electrons. The molecule has 0 bridgehead atoms. The minimum atomic E-state index is -1.35. The van der Waals surface area contributed by atoms with Gasteiger partial charge in [-0.05, 0) is 24.3 Å². The smallest absolute Gasteiger partial charge is 0.342 e. The number of rotatable bonds is 4. The molecule has 0 N–H and O–H groups in total. The van der Waals surface area contributed by atoms with Gasteiger partial charge in [0.1, 0.15) is 6.26 Å². The number of benzene rings is 2. The molecule has 0 radical (unpaired) electrons. The molecular weight excluding hydrogens is 343 g/mol. The van der Waals surface area contributed by atoms with E-state index in [1.54, 1.807) is 60.7 Å². The first kappa shape index (κ1) is 17.2. The Morgan fingerprint density at radius 1 is 0.960 bits per heavy atom. The highest BCUT2D eigenvalue weighted by atomic mass is 32.2. The van der Waals surface area contributed by atoms with Crippen LogP contribution in [0.15, 0.2) is 71.8 Å². The third-order valence-corrected chi connectivity index (χ3v) is 4.70. The molecule has 25 heavy (non-hydrogen) atoms. The van der Waals surface area contributed by atoms with Crippen molar-refractivity contribution in [3.63, 3.8) is 0 Å². The number of carbonyl (C=O) groups excluding carboxylic acids is 2. The molecular formula is C19H15FO4S. The lowest BCUT2D eigenvalue weighted by molar-refractivity contribution is 0.0245. The first-order valence-electron chi connectivity index (χ1n) is 7.64. The fourth-order valence-corrected chi connectivity index (χ4v) is 3.27. The largest absolute Gasteiger partial charge is 0.450 e. The van der Waals surface area contributed by atoms with Gasteiger partial charge in [-0.15, -0.1) is 11.8 Å². The van der Waals surface area contributed by atoms with E-state index in [-0.39, 0.29) is 5.75 Å². The van der Waals surface area contributed by atoms with Gasteiger partial charge in [0.25, 0.3) is 0 Å². The van der Waals surface area contributed by atoms with Crippen LogP contribution in [-0.4, -0.2) is 30.0 Å². The molecule has 4 nitrogen and oxygen atoms in total. The molecule has 0 spiro atoms. The maximum atomic E-state index is 14.1. The number of ether oxygens (including phenoxy) is 2. The van der Waals surface area contributed by atoms with Crippen LogP contribution >= 0.6 is 11.8 Å². The lowest BCUT2D eigenvalue weighted by atomic mass is 10.2. The summed E-state index contributed by atoms with van der Waals surface area (Å²) in [5.41, 5.74) is 0.726. The van der Waals surface area contributed by atoms with Crippen molar-refractivity contribution in [2.75, 3.05) is 5.75 Å². The van der Waals surface area contributed by atoms with Gasteiger partial charge in [0.15, 0.2) is 12.3 Å². The van der Waals surface area contributed by atoms with Crippen molar-refractivity contribution in [2.45, 2.75) is 12.3 Å². The SMILES string of the molecule is O=C(O/C=C1/SC[C@@H](F)[C@@H]1OC(=O)c1ccccc1)c1ccccc1. The number of halogens is 1. The third-order valence-electron chi connectivity index (χ3n) is 3.55. The number of carbonyl (C=O) groups is 2. The lowest BCUT2D eigenvalue weighted by Crippen LogP contribution is -2.26. The molecule has 0 saturated carbocycles. The minimum absolute atomic E-state index is 0.140. The fraction of sp³-hybridized carbons (Fsp3) is 0.158. The minimum Gasteiger partial charge on any atom is -0.450 e. The summed E-state index contributed by atoms with van der Waals surface area (Å²) < 4.78 is 24.4. The summed E-state index contributed by atoms with van der Waals surface area (Å²) in [5.74, 6) is -1.03. The quantitative estimate of drug-likeness (QED) is 0.611. The van der Waals surface area contributed by atoms with Crippen LogP contribution in [0, 0.1) is 0 Å². The van der Waals surface area contributed by atoms with Gasteiger partial charge in [-0.1, -0.05) is 36.4 Å². The van der Waals surface area contributed by atoms with Crippen molar-refractivity contribution < 1.29 is 23.5 Å². The van der Waals surface area contributed by atoms with Gasteiger partial charge >= 0.3 is 11.9 Å². The lowest BCUT2D eigenvalue weighted by Gasteiger charge is -2.15. The summed E-state index contributed by atoms with van der Waals surface area (Å²) in [5, 5.41) is 0. The number of alkyl halides is 1. The highest BCUT2D eigenvalue weighted by Crippen LogP contribution is 2.35. The third kappa shape index (κ3) is 4.28. The van der Waals surface area contributed by atoms with Gasteiger partial charge in [-0.3, -0.25) is 0 Å². The molecule has 0 unspecified atom stereocenters. The van der Waals surface area contributed by atoms with Gasteiger partial charge in [0, 0.05) is 5.75 Å². The van der Waals surface area contributed by atoms with Gasteiger partial charge in [0.2, 0.25) is 0 Å². The van der Waals surface area contributed by atoms with E-state index in [2.05, 4.69) is 0 Å². The Morgan fingerprint density at radius 2 is 1.52 bits per heavy atom. The average molecular weight is 358 g/mol. The zero-order chi connectivity index (χ0) is 17.6. The number of thioether (sulfide) groups is 1. The summed E-state index contributed by atoms with van der Waals surface area (Å²) in [4.78, 5) is 24.4. The van der Waals surface area contributed by atoms with E-state index in [1.165, 1.54) is 6.26 Å². The van der Waals surface area contributed by atoms with Crippen LogP contribution < -0.4 is 0 Å². The molecule has 6 heteroatoms. The summed E-state index contributed by atoms with van der Waals surface area (Å²) in [6.07, 6.45) is -1.25. The van der Waals surface area contributed by atoms with E-state index < -0.39 is 24.2 Å². The Bertz CT molecular complexity index is 777. The molecule has 1 heterocycles. The van der Waals surface area contributed by atoms with Crippen molar-refractivity contribution in [1.29, 1.82) is 0 Å². The number of hydrogen-bond acceptors (Lipinski definition) is 5. The van der Waals surface area contributed by atoms with Crippen molar-refractivity contribution in [3.05, 3.63) is 83.0 Å². The highest BCUT2D eigenvalue weighted by Gasteiger charge is 2.36. The summed E-state index contributed by atoms with van der Waals surface area (Å²) in [7, 11) is 0. The van der Waals surface area contributed by atoms with Crippen molar-refractivity contribution in [1.82, 2.24) is 0 Å². The molecule has 2 atom stereocenters. The molecule has 0 aromatic heterocycles. The van der Waals surface area contributed by atoms with E-state index in [1.807, 2.05) is 0 Å². The standard InChI is InChI=1S/C19H15FO4S/c20-15-12-25-16(11-23-18(21)13-7-3-1-4-8-13)17(15)24-19(22)14-9-5-2-6-10-14/h1-11,15,17H,12H2/b16-11+/t15-,17+/m1/s1. The van der Waals surface area contributed by atoms with Crippen molar-refractivity contribution in [3.8, 4) is 0 Å². The second-order valence-corrected chi connectivity index (χ2v) is 6.40. The van der Waals surface area contributed by atoms with Crippen LogP contribution in [0.2, 0.25) is 0 Å². The Kier molecular flexibility index (Phi) is 5.50. The van der Waals surface area contributed by atoms with Gasteiger partial charge in [-0.25, -0.2) is 14.0 Å². The molecule has 0 amide bonds. The molecule has 2 aromatic carbocycles. The Hall–Kier alpha value is -2.60. The first-order valence-corrected chi connectivity index (χ1v) is 8.62. The van der Waals surface area contributed by atoms with Crippen LogP contribution in [0.4, 0.5) is 4.39 Å². The molecule has 3 rings (SSSR count). The zero-order valence-corrected chi connectivity index (χ0v) is 13.9. The molecule has 1 saturated heterocycles. The molecule has 0 aliphatic carbocycles. The van der Waals surface area contributed by atoms with Crippen molar-refractivity contribution >= 4 is 23.7 Å². The van der Waals surface area contributed by atoms with Crippen molar-refractivity contribution in [2.24, 2.45) is 0 Å². The van der Waals surface area contributed by atoms with Crippen LogP contribution in [0.1, 0.15) is 20.7 Å². The summed E-state index contributed by atoms with van der Waals surface area (Å²) in [6.45, 7) is 0. The van der Waals surface area contributed by atoms with E-state index in [4.69, 9.17) is 9.47 Å². The number of esters is 2. The monoisotopic (exact) mass is 358 g/mol. The topological polar surface area (TPSA) is 52.6 Å². The van der Waals surface area contributed by atoms with Crippen LogP contribution in [0.5, 0.6) is 0 Å². The second kappa shape index (κ2) is 7.98. The van der Waals surface area contributed by atoms with Gasteiger partial charge in [0.05, 0.1) is 16.0 Å². The van der Waals surface area contributed by atoms with E-state index in [0.717, 1.165) is 11.8 Å². The number of hydrogen-bond donors (Lipinski definition) is 0. The van der Waals surface area contributed by atoms with Gasteiger partial charge < -0.3 is 9.47 Å². The average Bonchev–Trinajstić information content (AvgIpc) is 3.01. The van der Waals surface area contributed by atoms with Crippen LogP contribution in [0.3, 0.4) is 0 Å². The fourth-order valence-electron chi connectivity index (χ4n) is 2.27. The highest BCUT2D eigenvalue weighted by molar-refractivity contribution is 8.03.